The first-order chi connectivity index (χ1) is 20.0. The van der Waals surface area contributed by atoms with E-state index in [0.717, 1.165) is 16.6 Å². The lowest BCUT2D eigenvalue weighted by Crippen LogP contribution is -2.52. The number of aryl methyl sites for hydroxylation is 1. The summed E-state index contributed by atoms with van der Waals surface area (Å²) in [6.45, 7) is 13.5. The number of anilines is 1. The first-order valence-electron chi connectivity index (χ1n) is 17.0. The van der Waals surface area contributed by atoms with E-state index in [9.17, 15) is 9.59 Å². The molecule has 0 aliphatic rings. The van der Waals surface area contributed by atoms with E-state index in [4.69, 9.17) is 4.74 Å². The van der Waals surface area contributed by atoms with Crippen molar-refractivity contribution in [3.05, 3.63) is 23.8 Å². The van der Waals surface area contributed by atoms with Crippen LogP contribution in [0.5, 0.6) is 0 Å². The van der Waals surface area contributed by atoms with Crippen molar-refractivity contribution in [2.24, 2.45) is 4.99 Å². The van der Waals surface area contributed by atoms with E-state index in [-0.39, 0.29) is 0 Å². The Kier molecular flexibility index (Phi) is 22.0. The molecule has 0 bridgehead atoms. The SMILES string of the molecule is CCCCCCCC[N+](CCCCCCCC)(CCCCCCCC)CCOC(=O)Nc1ccc(C)c(N=C=O)c1. The van der Waals surface area contributed by atoms with Gasteiger partial charge in [0.25, 0.3) is 0 Å². The highest BCUT2D eigenvalue weighted by Gasteiger charge is 2.27. The molecule has 234 valence electrons. The molecule has 41 heavy (non-hydrogen) atoms. The van der Waals surface area contributed by atoms with Gasteiger partial charge in [-0.25, -0.2) is 9.59 Å². The number of unbranched alkanes of at least 4 members (excludes halogenated alkanes) is 15. The van der Waals surface area contributed by atoms with Gasteiger partial charge in [0.15, 0.2) is 0 Å². The van der Waals surface area contributed by atoms with Gasteiger partial charge >= 0.3 is 6.09 Å². The smallest absolute Gasteiger partial charge is 0.411 e. The van der Waals surface area contributed by atoms with Crippen LogP contribution in [0.2, 0.25) is 0 Å². The number of benzene rings is 1. The molecule has 1 N–H and O–H groups in total. The molecule has 0 heterocycles. The largest absolute Gasteiger partial charge is 0.443 e. The minimum atomic E-state index is -0.452. The van der Waals surface area contributed by atoms with Crippen molar-refractivity contribution in [3.63, 3.8) is 0 Å². The third-order valence-corrected chi connectivity index (χ3v) is 8.38. The maximum atomic E-state index is 12.7. The van der Waals surface area contributed by atoms with Crippen molar-refractivity contribution in [2.45, 2.75) is 143 Å². The highest BCUT2D eigenvalue weighted by atomic mass is 16.5. The number of amides is 1. The van der Waals surface area contributed by atoms with E-state index >= 15 is 0 Å². The summed E-state index contributed by atoms with van der Waals surface area (Å²) in [5, 5.41) is 2.81. The number of hydrogen-bond donors (Lipinski definition) is 1. The number of rotatable bonds is 26. The van der Waals surface area contributed by atoms with Crippen LogP contribution < -0.4 is 5.32 Å². The summed E-state index contributed by atoms with van der Waals surface area (Å²) in [5.41, 5.74) is 1.93. The first-order valence-corrected chi connectivity index (χ1v) is 17.0. The first kappa shape index (κ1) is 36.9. The van der Waals surface area contributed by atoms with Gasteiger partial charge in [-0.1, -0.05) is 104 Å². The number of hydrogen-bond acceptors (Lipinski definition) is 4. The lowest BCUT2D eigenvalue weighted by atomic mass is 10.1. The minimum Gasteiger partial charge on any atom is -0.443 e. The van der Waals surface area contributed by atoms with E-state index in [1.807, 2.05) is 13.0 Å². The van der Waals surface area contributed by atoms with Crippen LogP contribution in [0.1, 0.15) is 142 Å². The molecule has 0 aromatic heterocycles. The summed E-state index contributed by atoms with van der Waals surface area (Å²) in [7, 11) is 0. The Balaban J connectivity index is 2.81. The number of quaternary nitrogens is 1. The molecule has 0 aliphatic carbocycles. The molecule has 6 nitrogen and oxygen atoms in total. The van der Waals surface area contributed by atoms with Crippen LogP contribution in [0.4, 0.5) is 16.2 Å². The van der Waals surface area contributed by atoms with E-state index in [1.54, 1.807) is 18.2 Å². The van der Waals surface area contributed by atoms with Crippen LogP contribution in [-0.4, -0.2) is 49.4 Å². The molecule has 1 amide bonds. The minimum absolute atomic E-state index is 0.415. The number of nitrogens with one attached hydrogen (secondary N) is 1. The quantitative estimate of drug-likeness (QED) is 0.0519. The standard InChI is InChI=1S/C35H61N3O3/c1-5-8-11-14-17-20-25-38(26-21-18-15-12-9-6-2,27-22-19-16-13-10-7-3)28-29-41-35(40)37-33-24-23-32(4)34(30-33)36-31-39/h23-24,30H,5-22,25-29H2,1-4H3/p+1. The second kappa shape index (κ2) is 24.4. The van der Waals surface area contributed by atoms with Crippen LogP contribution >= 0.6 is 0 Å². The van der Waals surface area contributed by atoms with Crippen LogP contribution in [0.3, 0.4) is 0 Å². The van der Waals surface area contributed by atoms with Crippen LogP contribution in [-0.2, 0) is 9.53 Å². The van der Waals surface area contributed by atoms with Gasteiger partial charge in [-0.3, -0.25) is 5.32 Å². The second-order valence-corrected chi connectivity index (χ2v) is 12.0. The molecule has 1 aromatic carbocycles. The third kappa shape index (κ3) is 18.1. The van der Waals surface area contributed by atoms with Crippen molar-refractivity contribution in [1.29, 1.82) is 0 Å². The van der Waals surface area contributed by atoms with Gasteiger partial charge in [0, 0.05) is 5.69 Å². The fraction of sp³-hybridized carbons (Fsp3) is 0.771. The summed E-state index contributed by atoms with van der Waals surface area (Å²) in [6.07, 6.45) is 24.6. The Morgan fingerprint density at radius 3 is 1.66 bits per heavy atom. The Morgan fingerprint density at radius 2 is 1.20 bits per heavy atom. The van der Waals surface area contributed by atoms with Crippen LogP contribution in [0.25, 0.3) is 0 Å². The van der Waals surface area contributed by atoms with Gasteiger partial charge in [-0.15, -0.1) is 0 Å². The molecule has 0 fully saturated rings. The van der Waals surface area contributed by atoms with Crippen molar-refractivity contribution < 1.29 is 18.8 Å². The van der Waals surface area contributed by atoms with E-state index < -0.39 is 6.09 Å². The van der Waals surface area contributed by atoms with Crippen molar-refractivity contribution in [2.75, 3.05) is 38.1 Å². The molecule has 0 unspecified atom stereocenters. The maximum absolute atomic E-state index is 12.7. The van der Waals surface area contributed by atoms with Gasteiger partial charge in [-0.2, -0.15) is 4.99 Å². The van der Waals surface area contributed by atoms with Gasteiger partial charge in [0.1, 0.15) is 13.2 Å². The number of isocyanates is 1. The number of ether oxygens (including phenoxy) is 1. The molecule has 0 aliphatic heterocycles. The Bertz CT molecular complexity index is 810. The zero-order valence-corrected chi connectivity index (χ0v) is 27.1. The maximum Gasteiger partial charge on any atom is 0.411 e. The van der Waals surface area contributed by atoms with Crippen molar-refractivity contribution >= 4 is 23.5 Å². The Morgan fingerprint density at radius 1 is 0.732 bits per heavy atom. The van der Waals surface area contributed by atoms with Crippen molar-refractivity contribution in [1.82, 2.24) is 0 Å². The third-order valence-electron chi connectivity index (χ3n) is 8.38. The summed E-state index contributed by atoms with van der Waals surface area (Å²) in [5.74, 6) is 0. The summed E-state index contributed by atoms with van der Waals surface area (Å²) >= 11 is 0. The molecule has 0 radical (unpaired) electrons. The molecule has 1 rings (SSSR count). The van der Waals surface area contributed by atoms with Gasteiger partial charge in [0.05, 0.1) is 25.3 Å². The van der Waals surface area contributed by atoms with Gasteiger partial charge in [-0.05, 0) is 63.1 Å². The summed E-state index contributed by atoms with van der Waals surface area (Å²) in [6, 6.07) is 5.31. The molecule has 0 saturated heterocycles. The number of carbonyl (C=O) groups excluding carboxylic acids is 2. The average Bonchev–Trinajstić information content (AvgIpc) is 2.96. The Hall–Kier alpha value is -2.17. The van der Waals surface area contributed by atoms with Gasteiger partial charge in [0.2, 0.25) is 6.08 Å². The van der Waals surface area contributed by atoms with Gasteiger partial charge < -0.3 is 9.22 Å². The molecule has 1 aromatic rings. The molecular formula is C35H62N3O3+. The zero-order chi connectivity index (χ0) is 30.0. The second-order valence-electron chi connectivity index (χ2n) is 12.0. The highest BCUT2D eigenvalue weighted by molar-refractivity contribution is 5.85. The van der Waals surface area contributed by atoms with Crippen molar-refractivity contribution in [3.8, 4) is 0 Å². The molecule has 6 heteroatoms. The summed E-state index contributed by atoms with van der Waals surface area (Å²) in [4.78, 5) is 27.1. The highest BCUT2D eigenvalue weighted by Crippen LogP contribution is 2.23. The zero-order valence-electron chi connectivity index (χ0n) is 27.1. The number of nitrogens with zero attached hydrogens (tertiary/aromatic N) is 2. The lowest BCUT2D eigenvalue weighted by Gasteiger charge is -2.39. The number of carbonyl (C=O) groups is 1. The van der Waals surface area contributed by atoms with E-state index in [1.165, 1.54) is 135 Å². The molecule has 0 saturated carbocycles. The Labute approximate surface area is 252 Å². The predicted molar refractivity (Wildman–Crippen MR) is 174 cm³/mol. The normalized spacial score (nSPS) is 11.3. The molecule has 0 spiro atoms. The van der Waals surface area contributed by atoms with Crippen LogP contribution in [0, 0.1) is 6.92 Å². The lowest BCUT2D eigenvalue weighted by molar-refractivity contribution is -0.929. The topological polar surface area (TPSA) is 67.8 Å². The average molecular weight is 573 g/mol. The summed E-state index contributed by atoms with van der Waals surface area (Å²) < 4.78 is 6.81. The fourth-order valence-electron chi connectivity index (χ4n) is 5.70. The van der Waals surface area contributed by atoms with E-state index in [0.29, 0.717) is 18.0 Å². The number of aliphatic imine (C=N–C) groups is 1. The molecular weight excluding hydrogens is 510 g/mol. The predicted octanol–water partition coefficient (Wildman–Crippen LogP) is 10.4. The fourth-order valence-corrected chi connectivity index (χ4v) is 5.70. The molecule has 0 atom stereocenters. The monoisotopic (exact) mass is 572 g/mol. The van der Waals surface area contributed by atoms with Crippen LogP contribution in [0.15, 0.2) is 23.2 Å². The van der Waals surface area contributed by atoms with E-state index in [2.05, 4.69) is 31.1 Å².